The second kappa shape index (κ2) is 8.02. The summed E-state index contributed by atoms with van der Waals surface area (Å²) in [7, 11) is 0. The van der Waals surface area contributed by atoms with Gasteiger partial charge in [0.2, 0.25) is 0 Å². The van der Waals surface area contributed by atoms with E-state index < -0.39 is 10.8 Å². The lowest BCUT2D eigenvalue weighted by Gasteiger charge is -2.11. The van der Waals surface area contributed by atoms with E-state index in [9.17, 15) is 14.9 Å². The first kappa shape index (κ1) is 17.4. The van der Waals surface area contributed by atoms with Crippen molar-refractivity contribution < 1.29 is 9.72 Å². The van der Waals surface area contributed by atoms with Gasteiger partial charge in [-0.3, -0.25) is 25.8 Å². The van der Waals surface area contributed by atoms with Gasteiger partial charge in [0.25, 0.3) is 11.6 Å². The van der Waals surface area contributed by atoms with Crippen LogP contribution < -0.4 is 16.2 Å². The number of nitro groups is 1. The monoisotopic (exact) mass is 344 g/mol. The third-order valence-corrected chi connectivity index (χ3v) is 3.50. The summed E-state index contributed by atoms with van der Waals surface area (Å²) in [5, 5.41) is 14.1. The summed E-state index contributed by atoms with van der Waals surface area (Å²) in [6.07, 6.45) is 0. The van der Waals surface area contributed by atoms with Crippen molar-refractivity contribution in [1.29, 1.82) is 0 Å². The topological polar surface area (TPSA) is 96.3 Å². The number of benzene rings is 2. The molecule has 0 unspecified atom stereocenters. The number of aryl methyl sites for hydroxylation is 1. The lowest BCUT2D eigenvalue weighted by molar-refractivity contribution is -0.385. The first-order chi connectivity index (χ1) is 11.5. The highest BCUT2D eigenvalue weighted by molar-refractivity contribution is 7.80. The first-order valence-corrected chi connectivity index (χ1v) is 7.51. The van der Waals surface area contributed by atoms with Crippen LogP contribution in [0.3, 0.4) is 0 Å². The third kappa shape index (κ3) is 4.75. The van der Waals surface area contributed by atoms with E-state index in [1.165, 1.54) is 18.2 Å². The van der Waals surface area contributed by atoms with Gasteiger partial charge in [-0.15, -0.1) is 0 Å². The standard InChI is InChI=1S/C16H16N4O3S/c1-11-7-8-13(9-14(11)20(22)23)15(21)18-19-16(24)17-10-12-5-3-2-4-6-12/h2-9H,10H2,1H3,(H,18,21)(H2,17,19,24). The average molecular weight is 344 g/mol. The van der Waals surface area contributed by atoms with Crippen molar-refractivity contribution >= 4 is 28.9 Å². The SMILES string of the molecule is Cc1ccc(C(=O)NNC(=S)NCc2ccccc2)cc1[N+](=O)[O-]. The van der Waals surface area contributed by atoms with Gasteiger partial charge in [0.05, 0.1) is 4.92 Å². The van der Waals surface area contributed by atoms with Crippen LogP contribution in [0.2, 0.25) is 0 Å². The van der Waals surface area contributed by atoms with Crippen LogP contribution in [0.5, 0.6) is 0 Å². The molecule has 0 saturated carbocycles. The van der Waals surface area contributed by atoms with Crippen LogP contribution in [0.1, 0.15) is 21.5 Å². The van der Waals surface area contributed by atoms with E-state index in [1.54, 1.807) is 6.92 Å². The van der Waals surface area contributed by atoms with E-state index >= 15 is 0 Å². The molecule has 2 rings (SSSR count). The van der Waals surface area contributed by atoms with Crippen LogP contribution in [0.15, 0.2) is 48.5 Å². The molecule has 3 N–H and O–H groups in total. The fraction of sp³-hybridized carbons (Fsp3) is 0.125. The minimum absolute atomic E-state index is 0.104. The Hall–Kier alpha value is -3.00. The number of nitrogens with zero attached hydrogens (tertiary/aromatic N) is 1. The maximum absolute atomic E-state index is 12.0. The van der Waals surface area contributed by atoms with Crippen LogP contribution in [0, 0.1) is 17.0 Å². The smallest absolute Gasteiger partial charge is 0.273 e. The minimum Gasteiger partial charge on any atom is -0.357 e. The molecule has 0 saturated heterocycles. The van der Waals surface area contributed by atoms with Gasteiger partial charge in [-0.25, -0.2) is 0 Å². The van der Waals surface area contributed by atoms with Gasteiger partial charge in [0, 0.05) is 23.7 Å². The van der Waals surface area contributed by atoms with Gasteiger partial charge >= 0.3 is 0 Å². The van der Waals surface area contributed by atoms with Gasteiger partial charge in [-0.05, 0) is 30.8 Å². The lowest BCUT2D eigenvalue weighted by atomic mass is 10.1. The summed E-state index contributed by atoms with van der Waals surface area (Å²) < 4.78 is 0. The normalized spacial score (nSPS) is 9.88. The summed E-state index contributed by atoms with van der Waals surface area (Å²) in [6.45, 7) is 2.12. The van der Waals surface area contributed by atoms with Crippen molar-refractivity contribution in [2.75, 3.05) is 0 Å². The average Bonchev–Trinajstić information content (AvgIpc) is 2.59. The Kier molecular flexibility index (Phi) is 5.80. The summed E-state index contributed by atoms with van der Waals surface area (Å²) in [4.78, 5) is 22.4. The quantitative estimate of drug-likeness (QED) is 0.447. The van der Waals surface area contributed by atoms with E-state index in [1.807, 2.05) is 30.3 Å². The number of thiocarbonyl (C=S) groups is 1. The number of nitrogens with one attached hydrogen (secondary N) is 3. The van der Waals surface area contributed by atoms with Crippen molar-refractivity contribution in [1.82, 2.24) is 16.2 Å². The summed E-state index contributed by atoms with van der Waals surface area (Å²) in [6, 6.07) is 13.9. The zero-order valence-corrected chi connectivity index (χ0v) is 13.7. The van der Waals surface area contributed by atoms with Crippen LogP contribution in [0.25, 0.3) is 0 Å². The molecule has 0 aliphatic carbocycles. The molecule has 7 nitrogen and oxygen atoms in total. The minimum atomic E-state index is -0.522. The Labute approximate surface area is 144 Å². The number of rotatable bonds is 4. The molecule has 0 bridgehead atoms. The maximum atomic E-state index is 12.0. The first-order valence-electron chi connectivity index (χ1n) is 7.10. The molecule has 0 radical (unpaired) electrons. The maximum Gasteiger partial charge on any atom is 0.273 e. The van der Waals surface area contributed by atoms with Gasteiger partial charge < -0.3 is 5.32 Å². The Bertz CT molecular complexity index is 765. The van der Waals surface area contributed by atoms with Gasteiger partial charge in [0.1, 0.15) is 0 Å². The van der Waals surface area contributed by atoms with Crippen molar-refractivity contribution in [3.05, 3.63) is 75.3 Å². The molecule has 0 spiro atoms. The molecule has 124 valence electrons. The number of carbonyl (C=O) groups excluding carboxylic acids is 1. The van der Waals surface area contributed by atoms with Gasteiger partial charge in [0.15, 0.2) is 5.11 Å². The lowest BCUT2D eigenvalue weighted by Crippen LogP contribution is -2.46. The van der Waals surface area contributed by atoms with E-state index in [-0.39, 0.29) is 16.4 Å². The van der Waals surface area contributed by atoms with E-state index in [0.29, 0.717) is 12.1 Å². The van der Waals surface area contributed by atoms with Gasteiger partial charge in [-0.1, -0.05) is 36.4 Å². The largest absolute Gasteiger partial charge is 0.357 e. The number of carbonyl (C=O) groups is 1. The second-order valence-corrected chi connectivity index (χ2v) is 5.41. The summed E-state index contributed by atoms with van der Waals surface area (Å²) in [5.74, 6) is -0.512. The van der Waals surface area contributed by atoms with E-state index in [0.717, 1.165) is 5.56 Å². The fourth-order valence-corrected chi connectivity index (χ4v) is 2.08. The molecular formula is C16H16N4O3S. The highest BCUT2D eigenvalue weighted by atomic mass is 32.1. The van der Waals surface area contributed by atoms with Crippen molar-refractivity contribution in [2.24, 2.45) is 0 Å². The van der Waals surface area contributed by atoms with Crippen LogP contribution in [-0.2, 0) is 6.54 Å². The number of amides is 1. The van der Waals surface area contributed by atoms with Crippen LogP contribution in [-0.4, -0.2) is 15.9 Å². The van der Waals surface area contributed by atoms with Crippen LogP contribution >= 0.6 is 12.2 Å². The zero-order valence-electron chi connectivity index (χ0n) is 12.9. The number of hydrazine groups is 1. The molecule has 0 aliphatic heterocycles. The molecule has 8 heteroatoms. The second-order valence-electron chi connectivity index (χ2n) is 5.01. The highest BCUT2D eigenvalue weighted by Gasteiger charge is 2.14. The molecule has 0 aromatic heterocycles. The van der Waals surface area contributed by atoms with E-state index in [4.69, 9.17) is 12.2 Å². The molecule has 2 aromatic carbocycles. The molecule has 0 fully saturated rings. The molecule has 0 aliphatic rings. The van der Waals surface area contributed by atoms with Crippen molar-refractivity contribution in [3.63, 3.8) is 0 Å². The Morgan fingerprint density at radius 1 is 1.17 bits per heavy atom. The van der Waals surface area contributed by atoms with Crippen LogP contribution in [0.4, 0.5) is 5.69 Å². The molecule has 2 aromatic rings. The molecule has 24 heavy (non-hydrogen) atoms. The van der Waals surface area contributed by atoms with Crippen molar-refractivity contribution in [3.8, 4) is 0 Å². The van der Waals surface area contributed by atoms with Gasteiger partial charge in [-0.2, -0.15) is 0 Å². The molecule has 0 heterocycles. The number of hydrogen-bond acceptors (Lipinski definition) is 4. The number of hydrogen-bond donors (Lipinski definition) is 3. The van der Waals surface area contributed by atoms with E-state index in [2.05, 4.69) is 16.2 Å². The predicted octanol–water partition coefficient (Wildman–Crippen LogP) is 2.21. The molecule has 1 amide bonds. The summed E-state index contributed by atoms with van der Waals surface area (Å²) >= 11 is 5.06. The zero-order chi connectivity index (χ0) is 17.5. The molecular weight excluding hydrogens is 328 g/mol. The Morgan fingerprint density at radius 2 is 1.88 bits per heavy atom. The Balaban J connectivity index is 1.87. The van der Waals surface area contributed by atoms with Crippen molar-refractivity contribution in [2.45, 2.75) is 13.5 Å². The predicted molar refractivity (Wildman–Crippen MR) is 94.3 cm³/mol. The highest BCUT2D eigenvalue weighted by Crippen LogP contribution is 2.18. The Morgan fingerprint density at radius 3 is 2.54 bits per heavy atom. The summed E-state index contributed by atoms with van der Waals surface area (Å²) in [5.41, 5.74) is 6.57. The third-order valence-electron chi connectivity index (χ3n) is 3.25. The number of nitro benzene ring substituents is 1. The fourth-order valence-electron chi connectivity index (χ4n) is 1.96. The molecule has 0 atom stereocenters.